The molecule has 0 N–H and O–H groups in total. The lowest BCUT2D eigenvalue weighted by atomic mass is 9.56. The van der Waals surface area contributed by atoms with E-state index in [1.165, 1.54) is 13.8 Å². The number of cyclic esters (lactones) is 2. The molecule has 2 heterocycles. The minimum absolute atomic E-state index is 0.0259. The molecule has 3 aliphatic rings. The summed E-state index contributed by atoms with van der Waals surface area (Å²) in [5, 5.41) is 0. The Hall–Kier alpha value is -2.25. The zero-order chi connectivity index (χ0) is 21.0. The number of benzene rings is 1. The highest BCUT2D eigenvalue weighted by Crippen LogP contribution is 2.56. The number of ketones is 1. The maximum atomic E-state index is 13.5. The van der Waals surface area contributed by atoms with E-state index in [0.29, 0.717) is 0 Å². The SMILES string of the molecule is CC1(C)OC(=O)C2(C(=O)O1)[C@@H]([C@@H]1COC(C)(C)O1)CC(=O)C[C@H]2c1ccccc1. The highest BCUT2D eigenvalue weighted by atomic mass is 16.8. The fraction of sp³-hybridized carbons (Fsp3) is 0.591. The van der Waals surface area contributed by atoms with E-state index in [1.54, 1.807) is 13.8 Å². The van der Waals surface area contributed by atoms with Crippen LogP contribution < -0.4 is 0 Å². The fourth-order valence-electron chi connectivity index (χ4n) is 4.85. The molecule has 156 valence electrons. The monoisotopic (exact) mass is 402 g/mol. The molecule has 3 fully saturated rings. The topological polar surface area (TPSA) is 88.1 Å². The summed E-state index contributed by atoms with van der Waals surface area (Å²) in [6, 6.07) is 9.11. The van der Waals surface area contributed by atoms with Gasteiger partial charge < -0.3 is 18.9 Å². The van der Waals surface area contributed by atoms with Crippen LogP contribution in [0.1, 0.15) is 52.0 Å². The molecule has 0 unspecified atom stereocenters. The number of ether oxygens (including phenoxy) is 4. The number of carbonyl (C=O) groups is 3. The average molecular weight is 402 g/mol. The summed E-state index contributed by atoms with van der Waals surface area (Å²) >= 11 is 0. The van der Waals surface area contributed by atoms with Gasteiger partial charge in [-0.15, -0.1) is 0 Å². The summed E-state index contributed by atoms with van der Waals surface area (Å²) in [4.78, 5) is 39.7. The van der Waals surface area contributed by atoms with Crippen LogP contribution in [0.3, 0.4) is 0 Å². The molecule has 0 amide bonds. The Labute approximate surface area is 169 Å². The quantitative estimate of drug-likeness (QED) is 0.555. The molecule has 7 heteroatoms. The molecular weight excluding hydrogens is 376 g/mol. The molecule has 1 aliphatic carbocycles. The second-order valence-corrected chi connectivity index (χ2v) is 8.93. The Morgan fingerprint density at radius 3 is 2.03 bits per heavy atom. The molecule has 2 aliphatic heterocycles. The number of rotatable bonds is 2. The first kappa shape index (κ1) is 20.0. The molecule has 0 bridgehead atoms. The van der Waals surface area contributed by atoms with Crippen molar-refractivity contribution in [2.75, 3.05) is 6.61 Å². The third kappa shape index (κ3) is 3.26. The summed E-state index contributed by atoms with van der Waals surface area (Å²) in [5.74, 6) is -5.04. The van der Waals surface area contributed by atoms with E-state index < -0.39 is 46.9 Å². The van der Waals surface area contributed by atoms with Crippen molar-refractivity contribution < 1.29 is 33.3 Å². The van der Waals surface area contributed by atoms with Crippen molar-refractivity contribution in [3.63, 3.8) is 0 Å². The van der Waals surface area contributed by atoms with Crippen LogP contribution in [0.25, 0.3) is 0 Å². The molecule has 29 heavy (non-hydrogen) atoms. The Bertz CT molecular complexity index is 822. The molecule has 1 spiro atoms. The van der Waals surface area contributed by atoms with Gasteiger partial charge in [0.1, 0.15) is 5.78 Å². The molecule has 2 saturated heterocycles. The lowest BCUT2D eigenvalue weighted by molar-refractivity contribution is -0.263. The lowest BCUT2D eigenvalue weighted by Crippen LogP contribution is -2.64. The smallest absolute Gasteiger partial charge is 0.327 e. The molecule has 1 saturated carbocycles. The Morgan fingerprint density at radius 2 is 1.48 bits per heavy atom. The standard InChI is InChI=1S/C22H26O7/c1-20(2)26-12-17(27-20)16-11-14(23)10-15(13-8-6-5-7-9-13)22(16)18(24)28-21(3,4)29-19(22)25/h5-9,15-17H,10-12H2,1-4H3/t15-,16+,17-/m0/s1. The third-order valence-electron chi connectivity index (χ3n) is 6.05. The lowest BCUT2D eigenvalue weighted by Gasteiger charge is -2.50. The first-order chi connectivity index (χ1) is 13.6. The number of carbonyl (C=O) groups excluding carboxylic acids is 3. The van der Waals surface area contributed by atoms with E-state index in [0.717, 1.165) is 5.56 Å². The average Bonchev–Trinajstić information content (AvgIpc) is 2.99. The minimum atomic E-state index is -1.67. The third-order valence-corrected chi connectivity index (χ3v) is 6.05. The van der Waals surface area contributed by atoms with Gasteiger partial charge in [0.25, 0.3) is 5.79 Å². The van der Waals surface area contributed by atoms with Gasteiger partial charge in [-0.25, -0.2) is 0 Å². The van der Waals surface area contributed by atoms with Crippen LogP contribution in [0.5, 0.6) is 0 Å². The van der Waals surface area contributed by atoms with Crippen LogP contribution in [0.15, 0.2) is 30.3 Å². The summed E-state index contributed by atoms with van der Waals surface area (Å²) < 4.78 is 22.9. The molecule has 1 aromatic carbocycles. The number of Topliss-reactive ketones (excluding diaryl/α,β-unsaturated/α-hetero) is 1. The van der Waals surface area contributed by atoms with E-state index >= 15 is 0 Å². The zero-order valence-electron chi connectivity index (χ0n) is 17.1. The molecule has 0 radical (unpaired) electrons. The summed E-state index contributed by atoms with van der Waals surface area (Å²) in [7, 11) is 0. The first-order valence-corrected chi connectivity index (χ1v) is 9.90. The van der Waals surface area contributed by atoms with E-state index in [4.69, 9.17) is 18.9 Å². The predicted octanol–water partition coefficient (Wildman–Crippen LogP) is 2.72. The summed E-state index contributed by atoms with van der Waals surface area (Å²) in [6.07, 6.45) is -0.526. The summed E-state index contributed by atoms with van der Waals surface area (Å²) in [6.45, 7) is 6.75. The van der Waals surface area contributed by atoms with Crippen molar-refractivity contribution in [3.8, 4) is 0 Å². The van der Waals surface area contributed by atoms with Crippen LogP contribution in [0.2, 0.25) is 0 Å². The molecule has 7 nitrogen and oxygen atoms in total. The fourth-order valence-corrected chi connectivity index (χ4v) is 4.85. The van der Waals surface area contributed by atoms with E-state index in [9.17, 15) is 14.4 Å². The van der Waals surface area contributed by atoms with Crippen molar-refractivity contribution in [1.29, 1.82) is 0 Å². The van der Waals surface area contributed by atoms with Gasteiger partial charge in [-0.3, -0.25) is 14.4 Å². The van der Waals surface area contributed by atoms with Gasteiger partial charge in [-0.2, -0.15) is 0 Å². The molecule has 3 atom stereocenters. The van der Waals surface area contributed by atoms with Gasteiger partial charge >= 0.3 is 11.9 Å². The number of hydrogen-bond acceptors (Lipinski definition) is 7. The number of esters is 2. The minimum Gasteiger partial charge on any atom is -0.422 e. The van der Waals surface area contributed by atoms with Gasteiger partial charge in [-0.1, -0.05) is 30.3 Å². The van der Waals surface area contributed by atoms with Gasteiger partial charge in [-0.05, 0) is 19.4 Å². The maximum Gasteiger partial charge on any atom is 0.327 e. The van der Waals surface area contributed by atoms with E-state index in [2.05, 4.69) is 0 Å². The van der Waals surface area contributed by atoms with E-state index in [-0.39, 0.29) is 25.2 Å². The summed E-state index contributed by atoms with van der Waals surface area (Å²) in [5.41, 5.74) is -0.948. The predicted molar refractivity (Wildman–Crippen MR) is 101 cm³/mol. The van der Waals surface area contributed by atoms with Gasteiger partial charge in [0.05, 0.1) is 12.7 Å². The van der Waals surface area contributed by atoms with Crippen molar-refractivity contribution in [3.05, 3.63) is 35.9 Å². The second-order valence-electron chi connectivity index (χ2n) is 8.93. The molecule has 0 aromatic heterocycles. The van der Waals surface area contributed by atoms with Crippen LogP contribution in [-0.2, 0) is 33.3 Å². The Kier molecular flexibility index (Phi) is 4.59. The van der Waals surface area contributed by atoms with Crippen LogP contribution in [0.4, 0.5) is 0 Å². The normalized spacial score (nSPS) is 32.7. The van der Waals surface area contributed by atoms with Gasteiger partial charge in [0.15, 0.2) is 11.2 Å². The Balaban J connectivity index is 1.86. The van der Waals surface area contributed by atoms with Crippen LogP contribution >= 0.6 is 0 Å². The van der Waals surface area contributed by atoms with Crippen molar-refractivity contribution in [2.45, 2.75) is 64.1 Å². The zero-order valence-corrected chi connectivity index (χ0v) is 17.1. The van der Waals surface area contributed by atoms with Crippen LogP contribution in [0, 0.1) is 11.3 Å². The van der Waals surface area contributed by atoms with Crippen molar-refractivity contribution in [2.24, 2.45) is 11.3 Å². The highest BCUT2D eigenvalue weighted by molar-refractivity contribution is 6.05. The molecule has 4 rings (SSSR count). The first-order valence-electron chi connectivity index (χ1n) is 9.90. The number of hydrogen-bond donors (Lipinski definition) is 0. The second kappa shape index (κ2) is 6.64. The maximum absolute atomic E-state index is 13.5. The molecule has 1 aromatic rings. The highest BCUT2D eigenvalue weighted by Gasteiger charge is 2.69. The van der Waals surface area contributed by atoms with Gasteiger partial charge in [0, 0.05) is 38.5 Å². The molecular formula is C22H26O7. The van der Waals surface area contributed by atoms with Gasteiger partial charge in [0.2, 0.25) is 0 Å². The largest absolute Gasteiger partial charge is 0.422 e. The van der Waals surface area contributed by atoms with E-state index in [1.807, 2.05) is 30.3 Å². The Morgan fingerprint density at radius 1 is 0.862 bits per heavy atom. The van der Waals surface area contributed by atoms with Crippen LogP contribution in [-0.4, -0.2) is 42.0 Å². The van der Waals surface area contributed by atoms with Crippen molar-refractivity contribution >= 4 is 17.7 Å². The van der Waals surface area contributed by atoms with Crippen molar-refractivity contribution in [1.82, 2.24) is 0 Å².